The van der Waals surface area contributed by atoms with Gasteiger partial charge in [0.2, 0.25) is 0 Å². The molecular formula is C18H20IN5O2S. The maximum absolute atomic E-state index is 13.2. The third-order valence-electron chi connectivity index (χ3n) is 4.64. The molecule has 7 nitrogen and oxygen atoms in total. The topological polar surface area (TPSA) is 80.1 Å². The Balaban J connectivity index is 1.87. The second-order valence-electron chi connectivity index (χ2n) is 7.22. The Kier molecular flexibility index (Phi) is 4.63. The van der Waals surface area contributed by atoms with Crippen LogP contribution < -0.4 is 10.2 Å². The van der Waals surface area contributed by atoms with Crippen molar-refractivity contribution in [2.45, 2.75) is 24.3 Å². The lowest BCUT2D eigenvalue weighted by atomic mass is 10.0. The molecule has 1 aliphatic rings. The van der Waals surface area contributed by atoms with Gasteiger partial charge >= 0.3 is 0 Å². The third kappa shape index (κ3) is 3.32. The van der Waals surface area contributed by atoms with Crippen LogP contribution in [0.25, 0.3) is 11.0 Å². The Bertz CT molecular complexity index is 1100. The Hall–Kier alpha value is -1.72. The molecule has 3 heterocycles. The fourth-order valence-corrected chi connectivity index (χ4v) is 6.13. The van der Waals surface area contributed by atoms with Crippen LogP contribution in [0.1, 0.15) is 13.8 Å². The van der Waals surface area contributed by atoms with Crippen LogP contribution in [0.15, 0.2) is 47.6 Å². The minimum absolute atomic E-state index is 0.0403. The third-order valence-corrected chi connectivity index (χ3v) is 7.48. The lowest BCUT2D eigenvalue weighted by Gasteiger charge is -2.39. The highest BCUT2D eigenvalue weighted by Crippen LogP contribution is 2.31. The summed E-state index contributed by atoms with van der Waals surface area (Å²) in [6.45, 7) is 6.73. The Morgan fingerprint density at radius 2 is 1.93 bits per heavy atom. The van der Waals surface area contributed by atoms with E-state index in [9.17, 15) is 8.42 Å². The highest BCUT2D eigenvalue weighted by molar-refractivity contribution is 14.1. The fourth-order valence-electron chi connectivity index (χ4n) is 3.45. The van der Waals surface area contributed by atoms with Gasteiger partial charge in [0.05, 0.1) is 14.0 Å². The van der Waals surface area contributed by atoms with Gasteiger partial charge in [-0.2, -0.15) is 0 Å². The molecular weight excluding hydrogens is 477 g/mol. The molecule has 0 spiro atoms. The average Bonchev–Trinajstić information content (AvgIpc) is 2.98. The average molecular weight is 497 g/mol. The van der Waals surface area contributed by atoms with Crippen molar-refractivity contribution in [3.63, 3.8) is 0 Å². The molecule has 9 heteroatoms. The van der Waals surface area contributed by atoms with Crippen molar-refractivity contribution in [3.05, 3.63) is 46.4 Å². The van der Waals surface area contributed by atoms with Crippen molar-refractivity contribution < 1.29 is 8.42 Å². The molecule has 142 valence electrons. The quantitative estimate of drug-likeness (QED) is 0.561. The summed E-state index contributed by atoms with van der Waals surface area (Å²) in [5.74, 6) is 0.773. The molecule has 1 aliphatic heterocycles. The highest BCUT2D eigenvalue weighted by atomic mass is 127. The van der Waals surface area contributed by atoms with Gasteiger partial charge in [-0.15, -0.1) is 0 Å². The molecule has 0 saturated carbocycles. The molecule has 0 bridgehead atoms. The number of nitrogens with zero attached hydrogens (tertiary/aromatic N) is 4. The second-order valence-corrected chi connectivity index (χ2v) is 10.1. The van der Waals surface area contributed by atoms with Crippen LogP contribution in [0.3, 0.4) is 0 Å². The smallest absolute Gasteiger partial charge is 0.270 e. The minimum atomic E-state index is -3.74. The van der Waals surface area contributed by atoms with E-state index in [1.807, 2.05) is 28.7 Å². The van der Waals surface area contributed by atoms with Gasteiger partial charge in [0, 0.05) is 25.2 Å². The molecule has 1 aromatic carbocycles. The Morgan fingerprint density at radius 1 is 1.19 bits per heavy atom. The number of hydrogen-bond donors (Lipinski definition) is 1. The summed E-state index contributed by atoms with van der Waals surface area (Å²) >= 11 is 2.05. The Labute approximate surface area is 172 Å². The maximum Gasteiger partial charge on any atom is 0.270 e. The van der Waals surface area contributed by atoms with E-state index in [0.29, 0.717) is 9.35 Å². The normalized spacial score (nSPS) is 17.4. The summed E-state index contributed by atoms with van der Waals surface area (Å²) in [6.07, 6.45) is 1.44. The monoisotopic (exact) mass is 497 g/mol. The molecule has 1 fully saturated rings. The molecule has 1 saturated heterocycles. The van der Waals surface area contributed by atoms with Crippen LogP contribution in [0.5, 0.6) is 0 Å². The lowest BCUT2D eigenvalue weighted by molar-refractivity contribution is 0.352. The van der Waals surface area contributed by atoms with Crippen molar-refractivity contribution in [2.24, 2.45) is 0 Å². The van der Waals surface area contributed by atoms with Crippen LogP contribution >= 0.6 is 22.6 Å². The molecule has 0 aliphatic carbocycles. The van der Waals surface area contributed by atoms with Crippen molar-refractivity contribution in [2.75, 3.05) is 24.5 Å². The number of halogens is 1. The molecule has 2 aromatic heterocycles. The number of rotatable bonds is 3. The highest BCUT2D eigenvalue weighted by Gasteiger charge is 2.30. The van der Waals surface area contributed by atoms with Crippen LogP contribution in [0.2, 0.25) is 0 Å². The fraction of sp³-hybridized carbons (Fsp3) is 0.333. The van der Waals surface area contributed by atoms with Crippen LogP contribution in [0, 0.1) is 3.70 Å². The zero-order chi connectivity index (χ0) is 19.2. The van der Waals surface area contributed by atoms with Crippen LogP contribution in [0.4, 0.5) is 5.82 Å². The molecule has 1 N–H and O–H groups in total. The predicted octanol–water partition coefficient (Wildman–Crippen LogP) is 2.46. The first-order chi connectivity index (χ1) is 12.8. The van der Waals surface area contributed by atoms with Gasteiger partial charge in [-0.25, -0.2) is 22.4 Å². The summed E-state index contributed by atoms with van der Waals surface area (Å²) in [5.41, 5.74) is 0.367. The minimum Gasteiger partial charge on any atom is -0.353 e. The van der Waals surface area contributed by atoms with Crippen molar-refractivity contribution in [1.82, 2.24) is 19.3 Å². The zero-order valence-electron chi connectivity index (χ0n) is 15.1. The standard InChI is InChI=1S/C18H20IN5O2S/c1-18(2)11-23(9-8-22-18)16-14-10-15(19)24(17(14)21-12-20-16)27(25,26)13-6-4-3-5-7-13/h3-7,10,12,22H,8-9,11H2,1-2H3. The second kappa shape index (κ2) is 6.71. The summed E-state index contributed by atoms with van der Waals surface area (Å²) in [7, 11) is -3.74. The molecule has 0 amide bonds. The molecule has 0 radical (unpaired) electrons. The van der Waals surface area contributed by atoms with Gasteiger partial charge in [0.25, 0.3) is 10.0 Å². The van der Waals surface area contributed by atoms with Crippen molar-refractivity contribution >= 4 is 49.5 Å². The molecule has 4 rings (SSSR count). The van der Waals surface area contributed by atoms with E-state index >= 15 is 0 Å². The van der Waals surface area contributed by atoms with Gasteiger partial charge in [-0.1, -0.05) is 18.2 Å². The first kappa shape index (κ1) is 18.6. The molecule has 27 heavy (non-hydrogen) atoms. The van der Waals surface area contributed by atoms with E-state index in [0.717, 1.165) is 30.8 Å². The summed E-state index contributed by atoms with van der Waals surface area (Å²) < 4.78 is 28.3. The lowest BCUT2D eigenvalue weighted by Crippen LogP contribution is -2.57. The first-order valence-electron chi connectivity index (χ1n) is 8.62. The number of piperazine rings is 1. The number of hydrogen-bond acceptors (Lipinski definition) is 6. The van der Waals surface area contributed by atoms with Gasteiger partial charge in [-0.05, 0) is 54.6 Å². The van der Waals surface area contributed by atoms with Gasteiger partial charge in [0.15, 0.2) is 5.65 Å². The number of nitrogens with one attached hydrogen (secondary N) is 1. The summed E-state index contributed by atoms with van der Waals surface area (Å²) in [6, 6.07) is 10.3. The van der Waals surface area contributed by atoms with E-state index in [1.54, 1.807) is 30.3 Å². The zero-order valence-corrected chi connectivity index (χ0v) is 18.0. The van der Waals surface area contributed by atoms with Crippen molar-refractivity contribution in [3.8, 4) is 0 Å². The van der Waals surface area contributed by atoms with E-state index in [2.05, 4.69) is 34.0 Å². The van der Waals surface area contributed by atoms with Gasteiger partial charge in [0.1, 0.15) is 12.1 Å². The molecule has 0 unspecified atom stereocenters. The van der Waals surface area contributed by atoms with E-state index in [-0.39, 0.29) is 10.4 Å². The summed E-state index contributed by atoms with van der Waals surface area (Å²) in [5, 5.41) is 4.23. The SMILES string of the molecule is CC1(C)CN(c2ncnc3c2cc(I)n3S(=O)(=O)c2ccccc2)CCN1. The first-order valence-corrected chi connectivity index (χ1v) is 11.1. The van der Waals surface area contributed by atoms with Gasteiger partial charge in [-0.3, -0.25) is 0 Å². The largest absolute Gasteiger partial charge is 0.353 e. The van der Waals surface area contributed by atoms with E-state index < -0.39 is 10.0 Å². The predicted molar refractivity (Wildman–Crippen MR) is 114 cm³/mol. The number of benzene rings is 1. The number of aromatic nitrogens is 3. The molecule has 3 aromatic rings. The van der Waals surface area contributed by atoms with Crippen LogP contribution in [-0.4, -0.2) is 47.5 Å². The van der Waals surface area contributed by atoms with Crippen molar-refractivity contribution in [1.29, 1.82) is 0 Å². The number of fused-ring (bicyclic) bond motifs is 1. The Morgan fingerprint density at radius 3 is 2.63 bits per heavy atom. The molecule has 0 atom stereocenters. The number of anilines is 1. The van der Waals surface area contributed by atoms with E-state index in [1.165, 1.54) is 10.3 Å². The van der Waals surface area contributed by atoms with Crippen LogP contribution in [-0.2, 0) is 10.0 Å². The summed E-state index contributed by atoms with van der Waals surface area (Å²) in [4.78, 5) is 11.2. The maximum atomic E-state index is 13.2. The van der Waals surface area contributed by atoms with E-state index in [4.69, 9.17) is 0 Å². The van der Waals surface area contributed by atoms with Gasteiger partial charge < -0.3 is 10.2 Å².